The Balaban J connectivity index is 1.47. The van der Waals surface area contributed by atoms with Crippen molar-refractivity contribution >= 4 is 23.6 Å². The molecule has 7 heteroatoms. The Bertz CT molecular complexity index is 750. The summed E-state index contributed by atoms with van der Waals surface area (Å²) in [5.41, 5.74) is 0.327. The normalized spacial score (nSPS) is 25.6. The van der Waals surface area contributed by atoms with E-state index in [4.69, 9.17) is 0 Å². The minimum Gasteiger partial charge on any atom is -0.353 e. The number of nitrogens with one attached hydrogen (secondary N) is 1. The molecule has 0 aromatic heterocycles. The molecule has 2 atom stereocenters. The third-order valence-electron chi connectivity index (χ3n) is 6.62. The highest BCUT2D eigenvalue weighted by Gasteiger charge is 2.45. The highest BCUT2D eigenvalue weighted by molar-refractivity contribution is 8.00. The lowest BCUT2D eigenvalue weighted by molar-refractivity contribution is -0.125. The van der Waals surface area contributed by atoms with Gasteiger partial charge >= 0.3 is 0 Å². The lowest BCUT2D eigenvalue weighted by atomic mass is 9.88. The van der Waals surface area contributed by atoms with Crippen molar-refractivity contribution in [3.63, 3.8) is 0 Å². The van der Waals surface area contributed by atoms with Crippen molar-refractivity contribution < 1.29 is 14.0 Å². The summed E-state index contributed by atoms with van der Waals surface area (Å²) in [5.74, 6) is 0.286. The average Bonchev–Trinajstić information content (AvgIpc) is 3.44. The van der Waals surface area contributed by atoms with Gasteiger partial charge in [-0.15, -0.1) is 11.8 Å². The molecule has 0 spiro atoms. The van der Waals surface area contributed by atoms with Crippen LogP contribution in [0.2, 0.25) is 0 Å². The quantitative estimate of drug-likeness (QED) is 0.746. The van der Waals surface area contributed by atoms with E-state index in [1.165, 1.54) is 44.2 Å². The number of hydrogen-bond donors (Lipinski definition) is 1. The van der Waals surface area contributed by atoms with Crippen LogP contribution in [0.3, 0.4) is 0 Å². The number of thioether (sulfide) groups is 1. The molecule has 0 unspecified atom stereocenters. The van der Waals surface area contributed by atoms with Gasteiger partial charge in [0, 0.05) is 24.4 Å². The second-order valence-electron chi connectivity index (χ2n) is 8.70. The van der Waals surface area contributed by atoms with Crippen molar-refractivity contribution in [2.24, 2.45) is 5.92 Å². The van der Waals surface area contributed by atoms with Crippen molar-refractivity contribution in [1.29, 1.82) is 0 Å². The van der Waals surface area contributed by atoms with E-state index in [0.29, 0.717) is 23.8 Å². The van der Waals surface area contributed by atoms with Gasteiger partial charge in [-0.05, 0) is 62.9 Å². The fraction of sp³-hybridized carbons (Fsp3) is 0.652. The molecule has 1 aromatic rings. The molecule has 2 saturated heterocycles. The van der Waals surface area contributed by atoms with Crippen molar-refractivity contribution in [1.82, 2.24) is 15.1 Å². The largest absolute Gasteiger partial charge is 0.353 e. The van der Waals surface area contributed by atoms with Gasteiger partial charge in [0.15, 0.2) is 0 Å². The van der Waals surface area contributed by atoms with Crippen LogP contribution >= 0.6 is 11.8 Å². The molecule has 1 aromatic carbocycles. The summed E-state index contributed by atoms with van der Waals surface area (Å²) in [7, 11) is 0. The molecule has 3 fully saturated rings. The summed E-state index contributed by atoms with van der Waals surface area (Å²) in [6, 6.07) is 5.35. The maximum Gasteiger partial charge on any atom is 0.255 e. The van der Waals surface area contributed by atoms with Crippen LogP contribution in [0.25, 0.3) is 0 Å². The van der Waals surface area contributed by atoms with E-state index in [1.54, 1.807) is 28.8 Å². The Labute approximate surface area is 182 Å². The Morgan fingerprint density at radius 3 is 2.60 bits per heavy atom. The number of carbonyl (C=O) groups excluding carboxylic acids is 2. The van der Waals surface area contributed by atoms with Gasteiger partial charge in [0.1, 0.15) is 11.9 Å². The van der Waals surface area contributed by atoms with E-state index in [-0.39, 0.29) is 17.2 Å². The smallest absolute Gasteiger partial charge is 0.255 e. The first-order valence-electron chi connectivity index (χ1n) is 11.3. The number of carbonyl (C=O) groups is 2. The summed E-state index contributed by atoms with van der Waals surface area (Å²) >= 11 is 1.72. The van der Waals surface area contributed by atoms with Gasteiger partial charge in [0.25, 0.3) is 5.91 Å². The predicted octanol–water partition coefficient (Wildman–Crippen LogP) is 3.50. The van der Waals surface area contributed by atoms with Gasteiger partial charge in [-0.3, -0.25) is 9.59 Å². The molecule has 2 heterocycles. The highest BCUT2D eigenvalue weighted by Crippen LogP contribution is 2.41. The van der Waals surface area contributed by atoms with Gasteiger partial charge in [0.05, 0.1) is 5.37 Å². The topological polar surface area (TPSA) is 52.7 Å². The number of halogens is 1. The fourth-order valence-electron chi connectivity index (χ4n) is 5.00. The van der Waals surface area contributed by atoms with Gasteiger partial charge in [0.2, 0.25) is 5.91 Å². The van der Waals surface area contributed by atoms with Gasteiger partial charge in [-0.25, -0.2) is 4.39 Å². The molecule has 1 N–H and O–H groups in total. The fourth-order valence-corrected chi connectivity index (χ4v) is 6.64. The highest BCUT2D eigenvalue weighted by atomic mass is 32.2. The Morgan fingerprint density at radius 1 is 1.10 bits per heavy atom. The molecule has 1 saturated carbocycles. The molecule has 1 aliphatic carbocycles. The Hall–Kier alpha value is -1.60. The maximum absolute atomic E-state index is 13.8. The van der Waals surface area contributed by atoms with Crippen LogP contribution < -0.4 is 5.32 Å². The number of rotatable bonds is 6. The van der Waals surface area contributed by atoms with Crippen LogP contribution in [-0.2, 0) is 4.79 Å². The van der Waals surface area contributed by atoms with Crippen LogP contribution in [0.1, 0.15) is 55.3 Å². The van der Waals surface area contributed by atoms with Crippen LogP contribution in [0.15, 0.2) is 24.3 Å². The molecule has 3 aliphatic rings. The summed E-state index contributed by atoms with van der Waals surface area (Å²) < 4.78 is 13.8. The van der Waals surface area contributed by atoms with Crippen molar-refractivity contribution in [3.8, 4) is 0 Å². The third-order valence-corrected chi connectivity index (χ3v) is 8.08. The van der Waals surface area contributed by atoms with Crippen molar-refractivity contribution in [2.45, 2.75) is 56.4 Å². The van der Waals surface area contributed by atoms with Gasteiger partial charge < -0.3 is 15.1 Å². The molecule has 2 amide bonds. The standard InChI is InChI=1S/C23H32FN3O2S/c24-19-10-6-9-18(15-19)22(29)27-20(16-30-23(27)17-7-2-1-3-8-17)21(28)25-11-14-26-12-4-5-13-26/h6,9-10,15,17,20,23H,1-5,7-8,11-14,16H2,(H,25,28)/t20-,23-/m0/s1. The second-order valence-corrected chi connectivity index (χ2v) is 9.85. The lowest BCUT2D eigenvalue weighted by Gasteiger charge is -2.35. The number of amides is 2. The van der Waals surface area contributed by atoms with E-state index in [1.807, 2.05) is 0 Å². The van der Waals surface area contributed by atoms with Crippen LogP contribution in [0.4, 0.5) is 4.39 Å². The first-order valence-corrected chi connectivity index (χ1v) is 12.4. The maximum atomic E-state index is 13.8. The monoisotopic (exact) mass is 433 g/mol. The number of benzene rings is 1. The first-order chi connectivity index (χ1) is 14.6. The molecule has 164 valence electrons. The summed E-state index contributed by atoms with van der Waals surface area (Å²) in [5, 5.41) is 3.06. The van der Waals surface area contributed by atoms with E-state index in [0.717, 1.165) is 32.5 Å². The third kappa shape index (κ3) is 4.99. The van der Waals surface area contributed by atoms with E-state index >= 15 is 0 Å². The second kappa shape index (κ2) is 10.1. The van der Waals surface area contributed by atoms with Gasteiger partial charge in [-0.2, -0.15) is 0 Å². The van der Waals surface area contributed by atoms with E-state index in [2.05, 4.69) is 10.2 Å². The number of hydrogen-bond acceptors (Lipinski definition) is 4. The van der Waals surface area contributed by atoms with Crippen molar-refractivity contribution in [3.05, 3.63) is 35.6 Å². The van der Waals surface area contributed by atoms with Crippen LogP contribution in [0, 0.1) is 11.7 Å². The zero-order valence-electron chi connectivity index (χ0n) is 17.5. The molecular formula is C23H32FN3O2S. The van der Waals surface area contributed by atoms with Gasteiger partial charge in [-0.1, -0.05) is 25.3 Å². The SMILES string of the molecule is O=C(NCCN1CCCC1)[C@@H]1CS[C@@H](C2CCCCC2)N1C(=O)c1cccc(F)c1. The Morgan fingerprint density at radius 2 is 1.87 bits per heavy atom. The molecule has 2 aliphatic heterocycles. The summed E-state index contributed by atoms with van der Waals surface area (Å²) in [6.45, 7) is 3.66. The average molecular weight is 434 g/mol. The van der Waals surface area contributed by atoms with Crippen LogP contribution in [0.5, 0.6) is 0 Å². The molecular weight excluding hydrogens is 401 g/mol. The van der Waals surface area contributed by atoms with E-state index in [9.17, 15) is 14.0 Å². The van der Waals surface area contributed by atoms with Crippen molar-refractivity contribution in [2.75, 3.05) is 31.9 Å². The predicted molar refractivity (Wildman–Crippen MR) is 118 cm³/mol. The summed E-state index contributed by atoms with van der Waals surface area (Å²) in [4.78, 5) is 30.6. The number of likely N-dealkylation sites (tertiary alicyclic amines) is 1. The number of nitrogens with zero attached hydrogens (tertiary/aromatic N) is 2. The Kier molecular flexibility index (Phi) is 7.31. The minimum atomic E-state index is -0.490. The van der Waals surface area contributed by atoms with Crippen LogP contribution in [-0.4, -0.2) is 65.0 Å². The molecule has 5 nitrogen and oxygen atoms in total. The summed E-state index contributed by atoms with van der Waals surface area (Å²) in [6.07, 6.45) is 8.24. The molecule has 30 heavy (non-hydrogen) atoms. The van der Waals surface area contributed by atoms with E-state index < -0.39 is 11.9 Å². The lowest BCUT2D eigenvalue weighted by Crippen LogP contribution is -2.52. The zero-order valence-corrected chi connectivity index (χ0v) is 18.3. The first kappa shape index (κ1) is 21.6. The minimum absolute atomic E-state index is 0.00426. The molecule has 4 rings (SSSR count). The molecule has 0 bridgehead atoms. The molecule has 0 radical (unpaired) electrons. The zero-order chi connectivity index (χ0) is 20.9.